The predicted octanol–water partition coefficient (Wildman–Crippen LogP) is 2.08. The molecule has 0 saturated heterocycles. The summed E-state index contributed by atoms with van der Waals surface area (Å²) in [5.74, 6) is 2.11. The van der Waals surface area contributed by atoms with E-state index in [1.165, 1.54) is 30.1 Å². The first kappa shape index (κ1) is 10.9. The molecule has 0 atom stereocenters. The Morgan fingerprint density at radius 1 is 1.30 bits per heavy atom. The summed E-state index contributed by atoms with van der Waals surface area (Å²) in [5, 5.41) is 1.33. The van der Waals surface area contributed by atoms with E-state index in [1.54, 1.807) is 7.11 Å². The topological polar surface area (TPSA) is 9.23 Å². The van der Waals surface area contributed by atoms with E-state index in [2.05, 4.69) is 17.7 Å². The predicted molar refractivity (Wildman–Crippen MR) is 48.7 cm³/mol. The summed E-state index contributed by atoms with van der Waals surface area (Å²) < 4.78 is 4.91. The SMILES string of the molecule is [Li][CH2]CCCCSCOC. The molecule has 0 aliphatic rings. The fourth-order valence-corrected chi connectivity index (χ4v) is 1.47. The van der Waals surface area contributed by atoms with Crippen LogP contribution < -0.4 is 0 Å². The Kier molecular flexibility index (Phi) is 10.8. The average molecular weight is 154 g/mol. The Bertz CT molecular complexity index is 53.6. The Labute approximate surface area is 77.5 Å². The first-order chi connectivity index (χ1) is 4.91. The summed E-state index contributed by atoms with van der Waals surface area (Å²) in [7, 11) is 1.75. The van der Waals surface area contributed by atoms with Gasteiger partial charge in [-0.3, -0.25) is 0 Å². The van der Waals surface area contributed by atoms with Gasteiger partial charge in [0, 0.05) is 0 Å². The van der Waals surface area contributed by atoms with Crippen molar-refractivity contribution < 1.29 is 4.74 Å². The summed E-state index contributed by atoms with van der Waals surface area (Å²) in [4.78, 5) is 0. The third kappa shape index (κ3) is 8.91. The molecule has 0 radical (unpaired) electrons. The molecule has 0 fully saturated rings. The van der Waals surface area contributed by atoms with Gasteiger partial charge in [-0.25, -0.2) is 0 Å². The van der Waals surface area contributed by atoms with Crippen molar-refractivity contribution in [2.24, 2.45) is 0 Å². The Hall–Kier alpha value is 0.907. The van der Waals surface area contributed by atoms with Crippen molar-refractivity contribution in [3.63, 3.8) is 0 Å². The molecule has 3 heteroatoms. The van der Waals surface area contributed by atoms with Gasteiger partial charge in [-0.1, -0.05) is 0 Å². The molecule has 56 valence electrons. The van der Waals surface area contributed by atoms with Crippen molar-refractivity contribution in [3.05, 3.63) is 0 Å². The van der Waals surface area contributed by atoms with Gasteiger partial charge in [0.05, 0.1) is 0 Å². The maximum absolute atomic E-state index is 4.91. The van der Waals surface area contributed by atoms with Gasteiger partial charge in [0.15, 0.2) is 0 Å². The molecule has 0 aliphatic heterocycles. The first-order valence-corrected chi connectivity index (χ1v) is 5.14. The molecular formula is C7H15LiOS. The van der Waals surface area contributed by atoms with Gasteiger partial charge in [0.1, 0.15) is 0 Å². The average Bonchev–Trinajstić information content (AvgIpc) is 1.97. The molecule has 0 rings (SSSR count). The maximum atomic E-state index is 4.91. The van der Waals surface area contributed by atoms with Gasteiger partial charge in [0.25, 0.3) is 0 Å². The molecule has 0 unspecified atom stereocenters. The van der Waals surface area contributed by atoms with E-state index in [1.807, 2.05) is 11.8 Å². The van der Waals surface area contributed by atoms with Gasteiger partial charge in [-0.05, 0) is 0 Å². The van der Waals surface area contributed by atoms with Crippen LogP contribution in [0.3, 0.4) is 0 Å². The van der Waals surface area contributed by atoms with Crippen molar-refractivity contribution in [2.75, 3.05) is 18.8 Å². The summed E-state index contributed by atoms with van der Waals surface area (Å²) in [6, 6.07) is 0. The van der Waals surface area contributed by atoms with Gasteiger partial charge in [0.2, 0.25) is 0 Å². The Balaban J connectivity index is 2.65. The van der Waals surface area contributed by atoms with Gasteiger partial charge >= 0.3 is 77.4 Å². The van der Waals surface area contributed by atoms with Crippen LogP contribution in [0.5, 0.6) is 0 Å². The third-order valence-corrected chi connectivity index (χ3v) is 2.32. The second kappa shape index (κ2) is 9.91. The molecule has 0 heterocycles. The Morgan fingerprint density at radius 3 is 2.70 bits per heavy atom. The number of ether oxygens (including phenoxy) is 1. The minimum atomic E-state index is 0.853. The molecule has 0 aromatic carbocycles. The number of unbranched alkanes of at least 4 members (excludes halogenated alkanes) is 2. The summed E-state index contributed by atoms with van der Waals surface area (Å²) >= 11 is 4.12. The number of hydrogen-bond acceptors (Lipinski definition) is 2. The zero-order chi connectivity index (χ0) is 7.66. The molecule has 0 aromatic rings. The molecule has 1 nitrogen and oxygen atoms in total. The molecule has 0 bridgehead atoms. The molecule has 0 aliphatic carbocycles. The molecule has 0 aromatic heterocycles. The van der Waals surface area contributed by atoms with Gasteiger partial charge in [-0.2, -0.15) is 0 Å². The third-order valence-electron chi connectivity index (χ3n) is 1.34. The van der Waals surface area contributed by atoms with Gasteiger partial charge in [-0.15, -0.1) is 0 Å². The minimum absolute atomic E-state index is 0.853. The van der Waals surface area contributed by atoms with E-state index in [-0.39, 0.29) is 0 Å². The van der Waals surface area contributed by atoms with Gasteiger partial charge < -0.3 is 0 Å². The standard InChI is InChI=1S/C7H15OS.Li/c1-3-4-5-6-9-7-8-2;/h1,3-7H2,2H3;. The first-order valence-electron chi connectivity index (χ1n) is 3.98. The van der Waals surface area contributed by atoms with Crippen molar-refractivity contribution in [1.29, 1.82) is 0 Å². The fourth-order valence-electron chi connectivity index (χ4n) is 0.773. The van der Waals surface area contributed by atoms with Crippen LogP contribution in [0, 0.1) is 0 Å². The van der Waals surface area contributed by atoms with E-state index in [0.29, 0.717) is 0 Å². The second-order valence-corrected chi connectivity index (χ2v) is 3.43. The summed E-state index contributed by atoms with van der Waals surface area (Å²) in [6.07, 6.45) is 4.11. The van der Waals surface area contributed by atoms with E-state index >= 15 is 0 Å². The normalized spacial score (nSPS) is 10.3. The zero-order valence-corrected chi connectivity index (χ0v) is 7.88. The van der Waals surface area contributed by atoms with Crippen LogP contribution in [0.4, 0.5) is 0 Å². The second-order valence-electron chi connectivity index (χ2n) is 2.38. The summed E-state index contributed by atoms with van der Waals surface area (Å²) in [6.45, 7) is 0. The number of thioether (sulfide) groups is 1. The number of methoxy groups -OCH3 is 1. The Morgan fingerprint density at radius 2 is 2.10 bits per heavy atom. The number of rotatable bonds is 7. The van der Waals surface area contributed by atoms with Crippen LogP contribution in [-0.4, -0.2) is 36.5 Å². The molecule has 10 heavy (non-hydrogen) atoms. The van der Waals surface area contributed by atoms with Crippen LogP contribution in [0.1, 0.15) is 19.3 Å². The quantitative estimate of drug-likeness (QED) is 0.315. The molecule has 0 saturated carbocycles. The fraction of sp³-hybridized carbons (Fsp3) is 1.00. The summed E-state index contributed by atoms with van der Waals surface area (Å²) in [5.41, 5.74) is 0. The molecule has 0 N–H and O–H groups in total. The monoisotopic (exact) mass is 154 g/mol. The van der Waals surface area contributed by atoms with Crippen molar-refractivity contribution in [2.45, 2.75) is 24.4 Å². The van der Waals surface area contributed by atoms with E-state index in [4.69, 9.17) is 4.74 Å². The van der Waals surface area contributed by atoms with Crippen LogP contribution >= 0.6 is 11.8 Å². The molecular weight excluding hydrogens is 139 g/mol. The van der Waals surface area contributed by atoms with Crippen LogP contribution in [0.15, 0.2) is 0 Å². The molecule has 0 amide bonds. The van der Waals surface area contributed by atoms with Crippen molar-refractivity contribution in [3.8, 4) is 0 Å². The van der Waals surface area contributed by atoms with E-state index < -0.39 is 0 Å². The van der Waals surface area contributed by atoms with E-state index in [9.17, 15) is 0 Å². The number of hydrogen-bond donors (Lipinski definition) is 0. The molecule has 0 spiro atoms. The van der Waals surface area contributed by atoms with Crippen LogP contribution in [0.2, 0.25) is 5.09 Å². The van der Waals surface area contributed by atoms with Crippen LogP contribution in [0.25, 0.3) is 0 Å². The van der Waals surface area contributed by atoms with Crippen LogP contribution in [-0.2, 0) is 4.74 Å². The van der Waals surface area contributed by atoms with Crippen molar-refractivity contribution >= 4 is 29.5 Å². The zero-order valence-electron chi connectivity index (χ0n) is 7.06. The van der Waals surface area contributed by atoms with E-state index in [0.717, 1.165) is 5.94 Å². The van der Waals surface area contributed by atoms with Crippen molar-refractivity contribution in [1.82, 2.24) is 0 Å².